The fraction of sp³-hybridized carbons (Fsp3) is 0.125. The average molecular weight is 401 g/mol. The van der Waals surface area contributed by atoms with Gasteiger partial charge in [0.05, 0.1) is 12.6 Å². The molecule has 0 aliphatic heterocycles. The highest BCUT2D eigenvalue weighted by Crippen LogP contribution is 2.32. The number of anilines is 1. The Bertz CT molecular complexity index is 1180. The predicted molar refractivity (Wildman–Crippen MR) is 116 cm³/mol. The molecule has 0 spiro atoms. The Morgan fingerprint density at radius 1 is 1.00 bits per heavy atom. The van der Waals surface area contributed by atoms with Crippen molar-refractivity contribution >= 4 is 16.7 Å². The van der Waals surface area contributed by atoms with E-state index >= 15 is 0 Å². The van der Waals surface area contributed by atoms with Crippen molar-refractivity contribution in [1.82, 2.24) is 4.98 Å². The summed E-state index contributed by atoms with van der Waals surface area (Å²) in [7, 11) is 1.65. The molecule has 0 saturated heterocycles. The van der Waals surface area contributed by atoms with E-state index in [1.54, 1.807) is 19.2 Å². The van der Waals surface area contributed by atoms with Gasteiger partial charge in [-0.3, -0.25) is 0 Å². The van der Waals surface area contributed by atoms with E-state index in [9.17, 15) is 9.30 Å². The van der Waals surface area contributed by atoms with E-state index in [2.05, 4.69) is 15.5 Å². The molecule has 0 amide bonds. The van der Waals surface area contributed by atoms with Crippen molar-refractivity contribution in [3.05, 3.63) is 106 Å². The van der Waals surface area contributed by atoms with E-state index in [1.807, 2.05) is 54.6 Å². The van der Waals surface area contributed by atoms with E-state index in [-0.39, 0.29) is 5.82 Å². The molecule has 150 valence electrons. The first-order chi connectivity index (χ1) is 14.7. The number of pyridine rings is 1. The molecule has 4 rings (SSSR count). The minimum Gasteiger partial charge on any atom is -0.496 e. The molecule has 0 aliphatic rings. The van der Waals surface area contributed by atoms with Gasteiger partial charge in [-0.1, -0.05) is 47.6 Å². The lowest BCUT2D eigenvalue weighted by molar-refractivity contribution is 0.410. The second kappa shape index (κ2) is 8.69. The van der Waals surface area contributed by atoms with Crippen molar-refractivity contribution in [3.8, 4) is 5.75 Å². The molecule has 3 aromatic carbocycles. The van der Waals surface area contributed by atoms with Crippen LogP contribution < -0.4 is 10.1 Å². The van der Waals surface area contributed by atoms with Crippen molar-refractivity contribution in [1.29, 1.82) is 0 Å². The maximum Gasteiger partial charge on any atom is 0.143 e. The highest BCUT2D eigenvalue weighted by Gasteiger charge is 2.18. The van der Waals surface area contributed by atoms with E-state index in [4.69, 9.17) is 4.74 Å². The van der Waals surface area contributed by atoms with E-state index in [0.717, 1.165) is 27.8 Å². The Hall–Kier alpha value is -3.80. The van der Waals surface area contributed by atoms with E-state index < -0.39 is 6.04 Å². The monoisotopic (exact) mass is 401 g/mol. The number of hydrogen-bond acceptors (Lipinski definition) is 5. The van der Waals surface area contributed by atoms with Crippen molar-refractivity contribution in [3.63, 3.8) is 0 Å². The summed E-state index contributed by atoms with van der Waals surface area (Å²) >= 11 is 0. The molecule has 1 atom stereocenters. The second-order valence-electron chi connectivity index (χ2n) is 6.84. The van der Waals surface area contributed by atoms with Crippen molar-refractivity contribution in [2.24, 2.45) is 5.18 Å². The number of benzene rings is 3. The van der Waals surface area contributed by atoms with Gasteiger partial charge in [0.15, 0.2) is 0 Å². The lowest BCUT2D eigenvalue weighted by Gasteiger charge is -2.14. The fourth-order valence-electron chi connectivity index (χ4n) is 3.49. The molecule has 1 unspecified atom stereocenters. The highest BCUT2D eigenvalue weighted by molar-refractivity contribution is 5.84. The number of halogens is 1. The fourth-order valence-corrected chi connectivity index (χ4v) is 3.49. The molecule has 1 heterocycles. The molecule has 1 aromatic heterocycles. The first kappa shape index (κ1) is 19.5. The molecule has 30 heavy (non-hydrogen) atoms. The van der Waals surface area contributed by atoms with Crippen LogP contribution in [0.25, 0.3) is 10.9 Å². The highest BCUT2D eigenvalue weighted by atomic mass is 19.1. The number of aromatic nitrogens is 1. The first-order valence-electron chi connectivity index (χ1n) is 9.53. The summed E-state index contributed by atoms with van der Waals surface area (Å²) in [5.74, 6) is 1.17. The van der Waals surface area contributed by atoms with Crippen LogP contribution >= 0.6 is 0 Å². The lowest BCUT2D eigenvalue weighted by atomic mass is 9.96. The molecule has 6 heteroatoms. The zero-order chi connectivity index (χ0) is 20.9. The maximum absolute atomic E-state index is 13.3. The molecular weight excluding hydrogens is 381 g/mol. The van der Waals surface area contributed by atoms with Crippen LogP contribution in [0.5, 0.6) is 5.75 Å². The number of nitroso groups, excluding NO2 is 1. The molecule has 4 aromatic rings. The normalized spacial score (nSPS) is 11.8. The topological polar surface area (TPSA) is 63.6 Å². The zero-order valence-corrected chi connectivity index (χ0v) is 16.4. The quantitative estimate of drug-likeness (QED) is 0.395. The van der Waals surface area contributed by atoms with Crippen LogP contribution in [0.3, 0.4) is 0 Å². The van der Waals surface area contributed by atoms with Crippen LogP contribution in [0.2, 0.25) is 0 Å². The molecule has 0 saturated carbocycles. The maximum atomic E-state index is 13.3. The van der Waals surface area contributed by atoms with Crippen LogP contribution in [0.1, 0.15) is 22.7 Å². The third-order valence-electron chi connectivity index (χ3n) is 5.00. The third kappa shape index (κ3) is 3.98. The summed E-state index contributed by atoms with van der Waals surface area (Å²) in [5.41, 5.74) is 3.14. The van der Waals surface area contributed by atoms with Gasteiger partial charge < -0.3 is 10.1 Å². The number of fused-ring (bicyclic) bond motifs is 1. The minimum atomic E-state index is -0.733. The van der Waals surface area contributed by atoms with Gasteiger partial charge in [0.25, 0.3) is 0 Å². The minimum absolute atomic E-state index is 0.353. The number of methoxy groups -OCH3 is 1. The zero-order valence-electron chi connectivity index (χ0n) is 16.4. The summed E-state index contributed by atoms with van der Waals surface area (Å²) in [4.78, 5) is 16.3. The smallest absolute Gasteiger partial charge is 0.143 e. The lowest BCUT2D eigenvalue weighted by Crippen LogP contribution is -2.04. The van der Waals surface area contributed by atoms with Gasteiger partial charge in [0, 0.05) is 17.5 Å². The number of para-hydroxylation sites is 1. The van der Waals surface area contributed by atoms with Crippen molar-refractivity contribution < 1.29 is 9.13 Å². The number of rotatable bonds is 7. The Balaban J connectivity index is 1.63. The predicted octanol–water partition coefficient (Wildman–Crippen LogP) is 5.85. The van der Waals surface area contributed by atoms with Gasteiger partial charge in [-0.2, -0.15) is 0 Å². The number of hydrogen-bond donors (Lipinski definition) is 1. The van der Waals surface area contributed by atoms with Gasteiger partial charge in [0.1, 0.15) is 23.4 Å². The van der Waals surface area contributed by atoms with Gasteiger partial charge in [-0.15, -0.1) is 4.91 Å². The Kier molecular flexibility index (Phi) is 5.66. The van der Waals surface area contributed by atoms with Crippen LogP contribution in [-0.4, -0.2) is 12.1 Å². The Morgan fingerprint density at radius 3 is 2.57 bits per heavy atom. The summed E-state index contributed by atoms with van der Waals surface area (Å²) in [6.07, 6.45) is 0. The van der Waals surface area contributed by atoms with E-state index in [0.29, 0.717) is 17.9 Å². The van der Waals surface area contributed by atoms with Gasteiger partial charge in [0.2, 0.25) is 0 Å². The van der Waals surface area contributed by atoms with Gasteiger partial charge in [-0.25, -0.2) is 9.37 Å². The van der Waals surface area contributed by atoms with Gasteiger partial charge >= 0.3 is 0 Å². The average Bonchev–Trinajstić information content (AvgIpc) is 2.79. The largest absolute Gasteiger partial charge is 0.496 e. The van der Waals surface area contributed by atoms with Crippen LogP contribution in [-0.2, 0) is 6.54 Å². The molecule has 0 radical (unpaired) electrons. The summed E-state index contributed by atoms with van der Waals surface area (Å²) in [6, 6.07) is 22.3. The molecule has 5 nitrogen and oxygen atoms in total. The van der Waals surface area contributed by atoms with Crippen LogP contribution in [0, 0.1) is 10.7 Å². The second-order valence-corrected chi connectivity index (χ2v) is 6.84. The number of nitrogens with one attached hydrogen (secondary N) is 1. The van der Waals surface area contributed by atoms with Crippen molar-refractivity contribution in [2.75, 3.05) is 12.4 Å². The first-order valence-corrected chi connectivity index (χ1v) is 9.53. The van der Waals surface area contributed by atoms with Crippen LogP contribution in [0.15, 0.2) is 84.0 Å². The molecule has 1 N–H and O–H groups in total. The summed E-state index contributed by atoms with van der Waals surface area (Å²) in [5, 5.41) is 7.43. The Labute approximate surface area is 173 Å². The number of nitrogens with zero attached hydrogens (tertiary/aromatic N) is 2. The standard InChI is InChI=1S/C24H20FN3O2/c1-30-22-8-3-2-5-17(22)15-26-23-14-13-19-20(6-4-7-21(19)27-23)24(28-29)16-9-11-18(25)12-10-16/h2-14,24H,15H2,1H3,(H,26,27). The van der Waals surface area contributed by atoms with E-state index in [1.165, 1.54) is 12.1 Å². The molecule has 0 bridgehead atoms. The summed E-state index contributed by atoms with van der Waals surface area (Å²) in [6.45, 7) is 0.566. The SMILES string of the molecule is COc1ccccc1CNc1ccc2c(C(N=O)c3ccc(F)cc3)cccc2n1. The third-order valence-corrected chi connectivity index (χ3v) is 5.00. The summed E-state index contributed by atoms with van der Waals surface area (Å²) < 4.78 is 18.6. The number of ether oxygens (including phenoxy) is 1. The van der Waals surface area contributed by atoms with Crippen LogP contribution in [0.4, 0.5) is 10.2 Å². The van der Waals surface area contributed by atoms with Crippen molar-refractivity contribution in [2.45, 2.75) is 12.6 Å². The molecular formula is C24H20FN3O2. The molecule has 0 aliphatic carbocycles. The van der Waals surface area contributed by atoms with Gasteiger partial charge in [-0.05, 0) is 47.5 Å². The Morgan fingerprint density at radius 2 is 1.80 bits per heavy atom. The molecule has 0 fully saturated rings.